The Morgan fingerprint density at radius 2 is 2.22 bits per heavy atom. The van der Waals surface area contributed by atoms with E-state index in [0.29, 0.717) is 29.3 Å². The van der Waals surface area contributed by atoms with Crippen LogP contribution in [-0.2, 0) is 4.74 Å². The summed E-state index contributed by atoms with van der Waals surface area (Å²) < 4.78 is 21.8. The monoisotopic (exact) mass is 392 g/mol. The highest BCUT2D eigenvalue weighted by Gasteiger charge is 2.34. The van der Waals surface area contributed by atoms with Crippen molar-refractivity contribution >= 4 is 34.3 Å². The van der Waals surface area contributed by atoms with Gasteiger partial charge in [0, 0.05) is 31.0 Å². The summed E-state index contributed by atoms with van der Waals surface area (Å²) in [6, 6.07) is 2.92. The van der Waals surface area contributed by atoms with Gasteiger partial charge < -0.3 is 19.3 Å². The van der Waals surface area contributed by atoms with Crippen LogP contribution >= 0.6 is 11.8 Å². The zero-order valence-electron chi connectivity index (χ0n) is 15.2. The minimum absolute atomic E-state index is 0.0129. The lowest BCUT2D eigenvalue weighted by atomic mass is 10.1. The fourth-order valence-corrected chi connectivity index (χ4v) is 5.01. The smallest absolute Gasteiger partial charge is 0.344 e. The van der Waals surface area contributed by atoms with Gasteiger partial charge in [0.05, 0.1) is 28.2 Å². The molecule has 2 aromatic rings. The molecule has 0 aliphatic carbocycles. The number of nitrogens with zero attached hydrogens (tertiary/aromatic N) is 2. The minimum atomic E-state index is -0.664. The number of pyridine rings is 1. The van der Waals surface area contributed by atoms with E-state index < -0.39 is 17.2 Å². The number of fused-ring (bicyclic) bond motifs is 3. The first kappa shape index (κ1) is 18.3. The molecule has 6 nitrogen and oxygen atoms in total. The van der Waals surface area contributed by atoms with E-state index in [2.05, 4.69) is 0 Å². The van der Waals surface area contributed by atoms with E-state index in [1.165, 1.54) is 17.8 Å². The van der Waals surface area contributed by atoms with Crippen molar-refractivity contribution in [2.75, 3.05) is 31.2 Å². The third kappa shape index (κ3) is 2.82. The number of hydrogen-bond donors (Lipinski definition) is 1. The van der Waals surface area contributed by atoms with E-state index in [4.69, 9.17) is 4.74 Å². The number of aliphatic hydroxyl groups excluding tert-OH is 1. The molecule has 0 spiro atoms. The number of halogens is 1. The number of esters is 1. The molecule has 144 valence electrons. The number of aliphatic hydroxyl groups is 1. The van der Waals surface area contributed by atoms with Crippen molar-refractivity contribution in [1.29, 1.82) is 0 Å². The van der Waals surface area contributed by atoms with Crippen LogP contribution in [0.3, 0.4) is 0 Å². The van der Waals surface area contributed by atoms with Gasteiger partial charge in [-0.2, -0.15) is 0 Å². The molecule has 1 aromatic carbocycles. The summed E-state index contributed by atoms with van der Waals surface area (Å²) in [5, 5.41) is 10.1. The summed E-state index contributed by atoms with van der Waals surface area (Å²) in [6.45, 7) is 5.15. The predicted octanol–water partition coefficient (Wildman–Crippen LogP) is 2.76. The van der Waals surface area contributed by atoms with E-state index in [0.717, 1.165) is 6.42 Å². The van der Waals surface area contributed by atoms with Gasteiger partial charge in [-0.25, -0.2) is 9.18 Å². The average molecular weight is 392 g/mol. The number of carbonyl (C=O) groups is 1. The van der Waals surface area contributed by atoms with Crippen LogP contribution in [0.5, 0.6) is 0 Å². The van der Waals surface area contributed by atoms with Gasteiger partial charge >= 0.3 is 5.97 Å². The van der Waals surface area contributed by atoms with Crippen LogP contribution in [0.4, 0.5) is 10.1 Å². The Morgan fingerprint density at radius 1 is 1.44 bits per heavy atom. The van der Waals surface area contributed by atoms with Crippen molar-refractivity contribution in [3.63, 3.8) is 0 Å². The van der Waals surface area contributed by atoms with Crippen LogP contribution in [0.1, 0.15) is 36.0 Å². The largest absolute Gasteiger partial charge is 0.462 e. The number of hydrogen-bond acceptors (Lipinski definition) is 6. The van der Waals surface area contributed by atoms with Crippen molar-refractivity contribution in [3.8, 4) is 0 Å². The molecule has 2 aliphatic heterocycles. The SMILES string of the molecule is CCOC(=O)c1c2n(c3cc(N4CCC(CO)C4)c(F)cc3c1=O)C(C)S2. The number of thioether (sulfide) groups is 1. The molecule has 2 aliphatic rings. The topological polar surface area (TPSA) is 71.8 Å². The second-order valence-corrected chi connectivity index (χ2v) is 8.23. The van der Waals surface area contributed by atoms with Crippen LogP contribution in [0.15, 0.2) is 22.0 Å². The van der Waals surface area contributed by atoms with Crippen molar-refractivity contribution < 1.29 is 19.0 Å². The quantitative estimate of drug-likeness (QED) is 0.807. The standard InChI is InChI=1S/C19H21FN2O4S/c1-3-26-19(25)16-17(24)12-6-13(20)15(21-5-4-11(8-21)9-23)7-14(12)22-10(2)27-18(16)22/h6-7,10-11,23H,3-5,8-9H2,1-2H3. The fraction of sp³-hybridized carbons (Fsp3) is 0.474. The number of ether oxygens (including phenoxy) is 1. The van der Waals surface area contributed by atoms with Gasteiger partial charge in [0.25, 0.3) is 0 Å². The first-order valence-corrected chi connectivity index (χ1v) is 9.95. The number of rotatable bonds is 4. The molecule has 2 unspecified atom stereocenters. The third-order valence-electron chi connectivity index (χ3n) is 5.24. The Morgan fingerprint density at radius 3 is 2.85 bits per heavy atom. The molecule has 1 N–H and O–H groups in total. The van der Waals surface area contributed by atoms with E-state index in [-0.39, 0.29) is 35.5 Å². The molecule has 0 bridgehead atoms. The van der Waals surface area contributed by atoms with Crippen molar-refractivity contribution in [2.24, 2.45) is 5.92 Å². The second kappa shape index (κ2) is 6.83. The highest BCUT2D eigenvalue weighted by atomic mass is 32.2. The zero-order valence-corrected chi connectivity index (χ0v) is 16.0. The van der Waals surface area contributed by atoms with Crippen LogP contribution in [0.25, 0.3) is 10.9 Å². The van der Waals surface area contributed by atoms with Crippen molar-refractivity contribution in [2.45, 2.75) is 30.7 Å². The number of anilines is 1. The summed E-state index contributed by atoms with van der Waals surface area (Å²) in [5.74, 6) is -1.03. The molecule has 2 atom stereocenters. The molecule has 1 fully saturated rings. The molecule has 1 aromatic heterocycles. The number of carbonyl (C=O) groups excluding carboxylic acids is 1. The lowest BCUT2D eigenvalue weighted by Crippen LogP contribution is -2.29. The van der Waals surface area contributed by atoms with E-state index in [1.54, 1.807) is 13.0 Å². The molecular weight excluding hydrogens is 371 g/mol. The number of aromatic nitrogens is 1. The van der Waals surface area contributed by atoms with Crippen LogP contribution in [-0.4, -0.2) is 41.9 Å². The maximum absolute atomic E-state index is 14.8. The maximum atomic E-state index is 14.8. The Kier molecular flexibility index (Phi) is 4.63. The van der Waals surface area contributed by atoms with E-state index in [1.807, 2.05) is 16.4 Å². The molecule has 4 rings (SSSR count). The summed E-state index contributed by atoms with van der Waals surface area (Å²) >= 11 is 1.43. The maximum Gasteiger partial charge on any atom is 0.344 e. The summed E-state index contributed by atoms with van der Waals surface area (Å²) in [5.41, 5.74) is 0.550. The lowest BCUT2D eigenvalue weighted by Gasteiger charge is -2.33. The Hall–Kier alpha value is -2.06. The summed E-state index contributed by atoms with van der Waals surface area (Å²) in [7, 11) is 0. The fourth-order valence-electron chi connectivity index (χ4n) is 3.86. The molecule has 8 heteroatoms. The van der Waals surface area contributed by atoms with Gasteiger partial charge in [-0.05, 0) is 32.4 Å². The molecule has 0 saturated carbocycles. The molecule has 27 heavy (non-hydrogen) atoms. The highest BCUT2D eigenvalue weighted by Crippen LogP contribution is 2.47. The third-order valence-corrected chi connectivity index (χ3v) is 6.42. The normalized spacial score (nSPS) is 21.3. The molecule has 3 heterocycles. The van der Waals surface area contributed by atoms with E-state index in [9.17, 15) is 19.1 Å². The van der Waals surface area contributed by atoms with Gasteiger partial charge in [0.2, 0.25) is 5.43 Å². The highest BCUT2D eigenvalue weighted by molar-refractivity contribution is 8.00. The van der Waals surface area contributed by atoms with Gasteiger partial charge in [-0.3, -0.25) is 4.79 Å². The average Bonchev–Trinajstić information content (AvgIpc) is 3.10. The minimum Gasteiger partial charge on any atom is -0.462 e. The van der Waals surface area contributed by atoms with Crippen LogP contribution < -0.4 is 10.3 Å². The Balaban J connectivity index is 1.89. The van der Waals surface area contributed by atoms with E-state index >= 15 is 0 Å². The van der Waals surface area contributed by atoms with Gasteiger partial charge in [-0.15, -0.1) is 0 Å². The summed E-state index contributed by atoms with van der Waals surface area (Å²) in [6.07, 6.45) is 0.806. The zero-order chi connectivity index (χ0) is 19.3. The van der Waals surface area contributed by atoms with Gasteiger partial charge in [0.1, 0.15) is 11.4 Å². The Labute approximate surface area is 159 Å². The van der Waals surface area contributed by atoms with Gasteiger partial charge in [-0.1, -0.05) is 11.8 Å². The molecule has 0 amide bonds. The lowest BCUT2D eigenvalue weighted by molar-refractivity contribution is 0.0518. The second-order valence-electron chi connectivity index (χ2n) is 6.92. The van der Waals surface area contributed by atoms with Crippen molar-refractivity contribution in [1.82, 2.24) is 4.57 Å². The first-order chi connectivity index (χ1) is 13.0. The predicted molar refractivity (Wildman–Crippen MR) is 102 cm³/mol. The first-order valence-electron chi connectivity index (χ1n) is 9.07. The van der Waals surface area contributed by atoms with Gasteiger partial charge in [0.15, 0.2) is 0 Å². The van der Waals surface area contributed by atoms with Crippen LogP contribution in [0, 0.1) is 11.7 Å². The molecule has 1 saturated heterocycles. The molecular formula is C19H21FN2O4S. The van der Waals surface area contributed by atoms with Crippen molar-refractivity contribution in [3.05, 3.63) is 33.7 Å². The molecule has 0 radical (unpaired) electrons. The van der Waals surface area contributed by atoms with Crippen LogP contribution in [0.2, 0.25) is 0 Å². The Bertz CT molecular complexity index is 990. The number of benzene rings is 1. The summed E-state index contributed by atoms with van der Waals surface area (Å²) in [4.78, 5) is 27.1.